The van der Waals surface area contributed by atoms with E-state index in [1.54, 1.807) is 0 Å². The lowest BCUT2D eigenvalue weighted by Gasteiger charge is -2.04. The molecule has 1 aromatic rings. The molecule has 3 fully saturated rings. The van der Waals surface area contributed by atoms with Gasteiger partial charge in [0, 0.05) is 5.92 Å². The van der Waals surface area contributed by atoms with Gasteiger partial charge < -0.3 is 4.42 Å². The van der Waals surface area contributed by atoms with Crippen LogP contribution in [0.4, 0.5) is 0 Å². The van der Waals surface area contributed by atoms with Gasteiger partial charge in [0.25, 0.3) is 0 Å². The Bertz CT molecular complexity index is 386. The molecule has 1 heterocycles. The second-order valence-electron chi connectivity index (χ2n) is 5.30. The zero-order valence-electron chi connectivity index (χ0n) is 8.53. The van der Waals surface area contributed by atoms with Crippen molar-refractivity contribution in [2.45, 2.75) is 31.1 Å². The fourth-order valence-corrected chi connectivity index (χ4v) is 4.37. The van der Waals surface area contributed by atoms with Crippen molar-refractivity contribution in [3.05, 3.63) is 17.8 Å². The van der Waals surface area contributed by atoms with Gasteiger partial charge in [-0.05, 0) is 42.9 Å². The Morgan fingerprint density at radius 1 is 1.33 bits per heavy atom. The van der Waals surface area contributed by atoms with Crippen LogP contribution in [-0.2, 0) is 5.88 Å². The van der Waals surface area contributed by atoms with E-state index in [1.165, 1.54) is 19.3 Å². The van der Waals surface area contributed by atoms with Crippen molar-refractivity contribution in [1.82, 2.24) is 4.98 Å². The molecule has 3 aliphatic carbocycles. The molecule has 80 valence electrons. The highest BCUT2D eigenvalue weighted by Gasteiger charge is 2.66. The van der Waals surface area contributed by atoms with E-state index in [0.29, 0.717) is 17.7 Å². The van der Waals surface area contributed by atoms with Crippen molar-refractivity contribution >= 4 is 11.6 Å². The highest BCUT2D eigenvalue weighted by Crippen LogP contribution is 2.73. The number of nitrogens with zero attached hydrogens (tertiary/aromatic N) is 1. The van der Waals surface area contributed by atoms with Gasteiger partial charge in [0.05, 0.1) is 12.1 Å². The van der Waals surface area contributed by atoms with Gasteiger partial charge in [-0.25, -0.2) is 4.98 Å². The van der Waals surface area contributed by atoms with Gasteiger partial charge in [0.1, 0.15) is 5.76 Å². The Balaban J connectivity index is 1.61. The quantitative estimate of drug-likeness (QED) is 0.720. The number of fused-ring (bicyclic) bond motifs is 5. The largest absolute Gasteiger partial charge is 0.444 e. The molecule has 0 aliphatic heterocycles. The third-order valence-electron chi connectivity index (χ3n) is 4.75. The van der Waals surface area contributed by atoms with Crippen LogP contribution in [0.15, 0.2) is 10.6 Å². The molecule has 0 radical (unpaired) electrons. The van der Waals surface area contributed by atoms with E-state index in [4.69, 9.17) is 16.0 Å². The Labute approximate surface area is 94.0 Å². The summed E-state index contributed by atoms with van der Waals surface area (Å²) in [5.41, 5.74) is 0. The van der Waals surface area contributed by atoms with Crippen molar-refractivity contribution in [3.63, 3.8) is 0 Å². The Hall–Kier alpha value is -0.500. The molecule has 0 aromatic carbocycles. The Morgan fingerprint density at radius 3 is 2.67 bits per heavy atom. The summed E-state index contributed by atoms with van der Waals surface area (Å²) in [6.07, 6.45) is 6.31. The van der Waals surface area contributed by atoms with Crippen LogP contribution in [0.25, 0.3) is 0 Å². The highest BCUT2D eigenvalue weighted by molar-refractivity contribution is 6.16. The molecule has 3 heteroatoms. The molecule has 2 nitrogen and oxygen atoms in total. The normalized spacial score (nSPS) is 45.8. The molecule has 0 N–H and O–H groups in total. The summed E-state index contributed by atoms with van der Waals surface area (Å²) in [5, 5.41) is 0. The number of alkyl halides is 1. The van der Waals surface area contributed by atoms with Gasteiger partial charge in [-0.3, -0.25) is 0 Å². The Morgan fingerprint density at radius 2 is 2.07 bits per heavy atom. The molecule has 0 saturated heterocycles. The van der Waals surface area contributed by atoms with Crippen LogP contribution in [0.5, 0.6) is 0 Å². The minimum absolute atomic E-state index is 0.398. The van der Waals surface area contributed by atoms with E-state index in [-0.39, 0.29) is 0 Å². The van der Waals surface area contributed by atoms with Crippen molar-refractivity contribution in [3.8, 4) is 0 Å². The van der Waals surface area contributed by atoms with Gasteiger partial charge in [-0.1, -0.05) is 0 Å². The molecule has 3 saturated carbocycles. The van der Waals surface area contributed by atoms with Crippen LogP contribution < -0.4 is 0 Å². The van der Waals surface area contributed by atoms with Crippen LogP contribution in [0.2, 0.25) is 0 Å². The zero-order valence-corrected chi connectivity index (χ0v) is 9.28. The lowest BCUT2D eigenvalue weighted by Crippen LogP contribution is -1.96. The number of halogens is 1. The minimum atomic E-state index is 0.398. The standard InChI is InChI=1S/C12H14ClNO/c13-4-9-14-5-8(15-9)12-10-6-1-2-7(3-6)11(10)12/h5-7,10-12H,1-4H2. The predicted octanol–water partition coefficient (Wildman–Crippen LogP) is 3.17. The number of oxazole rings is 1. The molecule has 2 bridgehead atoms. The molecule has 4 rings (SSSR count). The minimum Gasteiger partial charge on any atom is -0.444 e. The van der Waals surface area contributed by atoms with Gasteiger partial charge >= 0.3 is 0 Å². The fraction of sp³-hybridized carbons (Fsp3) is 0.750. The lowest BCUT2D eigenvalue weighted by atomic mass is 10.0. The van der Waals surface area contributed by atoms with Crippen LogP contribution in [0, 0.1) is 23.7 Å². The van der Waals surface area contributed by atoms with E-state index < -0.39 is 0 Å². The number of rotatable bonds is 2. The molecular weight excluding hydrogens is 210 g/mol. The van der Waals surface area contributed by atoms with Crippen LogP contribution in [-0.4, -0.2) is 4.98 Å². The molecule has 15 heavy (non-hydrogen) atoms. The summed E-state index contributed by atoms with van der Waals surface area (Å²) in [7, 11) is 0. The molecule has 3 aliphatic rings. The van der Waals surface area contributed by atoms with E-state index in [9.17, 15) is 0 Å². The second kappa shape index (κ2) is 2.79. The van der Waals surface area contributed by atoms with E-state index >= 15 is 0 Å². The summed E-state index contributed by atoms with van der Waals surface area (Å²) in [6, 6.07) is 0. The second-order valence-corrected chi connectivity index (χ2v) is 5.57. The van der Waals surface area contributed by atoms with Crippen LogP contribution in [0.1, 0.15) is 36.8 Å². The SMILES string of the molecule is ClCc1ncc(C2C3C4CCC(C4)C23)o1. The van der Waals surface area contributed by atoms with Gasteiger partial charge in [0.15, 0.2) is 0 Å². The summed E-state index contributed by atoms with van der Waals surface area (Å²) in [5.74, 6) is 6.74. The molecule has 4 unspecified atom stereocenters. The maximum Gasteiger partial charge on any atom is 0.209 e. The van der Waals surface area contributed by atoms with Crippen molar-refractivity contribution in [1.29, 1.82) is 0 Å². The summed E-state index contributed by atoms with van der Waals surface area (Å²) in [6.45, 7) is 0. The average Bonchev–Trinajstić information content (AvgIpc) is 2.72. The summed E-state index contributed by atoms with van der Waals surface area (Å²) in [4.78, 5) is 4.20. The Kier molecular flexibility index (Phi) is 1.60. The predicted molar refractivity (Wildman–Crippen MR) is 56.6 cm³/mol. The third-order valence-corrected chi connectivity index (χ3v) is 4.98. The van der Waals surface area contributed by atoms with Crippen molar-refractivity contribution < 1.29 is 4.42 Å². The van der Waals surface area contributed by atoms with Gasteiger partial charge in [0.2, 0.25) is 5.89 Å². The monoisotopic (exact) mass is 223 g/mol. The topological polar surface area (TPSA) is 26.0 Å². The van der Waals surface area contributed by atoms with Crippen LogP contribution in [0.3, 0.4) is 0 Å². The van der Waals surface area contributed by atoms with Crippen molar-refractivity contribution in [2.75, 3.05) is 0 Å². The maximum atomic E-state index is 5.70. The van der Waals surface area contributed by atoms with Crippen LogP contribution >= 0.6 is 11.6 Å². The zero-order chi connectivity index (χ0) is 9.99. The first-order valence-electron chi connectivity index (χ1n) is 5.89. The summed E-state index contributed by atoms with van der Waals surface area (Å²) >= 11 is 5.70. The van der Waals surface area contributed by atoms with E-state index in [2.05, 4.69) is 4.98 Å². The number of hydrogen-bond acceptors (Lipinski definition) is 2. The first kappa shape index (κ1) is 8.63. The molecule has 0 spiro atoms. The maximum absolute atomic E-state index is 5.70. The molecular formula is C12H14ClNO. The highest BCUT2D eigenvalue weighted by atomic mass is 35.5. The smallest absolute Gasteiger partial charge is 0.209 e. The fourth-order valence-electron chi connectivity index (χ4n) is 4.25. The van der Waals surface area contributed by atoms with Crippen molar-refractivity contribution in [2.24, 2.45) is 23.7 Å². The van der Waals surface area contributed by atoms with E-state index in [0.717, 1.165) is 29.4 Å². The third kappa shape index (κ3) is 1.04. The first-order chi connectivity index (χ1) is 7.38. The summed E-state index contributed by atoms with van der Waals surface area (Å²) < 4.78 is 5.67. The van der Waals surface area contributed by atoms with Gasteiger partial charge in [-0.2, -0.15) is 0 Å². The van der Waals surface area contributed by atoms with E-state index in [1.807, 2.05) is 6.20 Å². The molecule has 0 amide bonds. The lowest BCUT2D eigenvalue weighted by molar-refractivity contribution is 0.425. The average molecular weight is 224 g/mol. The molecule has 1 aromatic heterocycles. The first-order valence-corrected chi connectivity index (χ1v) is 6.42. The number of hydrogen-bond donors (Lipinski definition) is 0. The number of aromatic nitrogens is 1. The molecule has 4 atom stereocenters. The van der Waals surface area contributed by atoms with Gasteiger partial charge in [-0.15, -0.1) is 11.6 Å².